The molecule has 0 bridgehead atoms. The second-order valence-electron chi connectivity index (χ2n) is 4.51. The van der Waals surface area contributed by atoms with E-state index in [0.717, 1.165) is 11.1 Å². The lowest BCUT2D eigenvalue weighted by molar-refractivity contribution is 0.182. The van der Waals surface area contributed by atoms with Crippen LogP contribution in [0.5, 0.6) is 0 Å². The van der Waals surface area contributed by atoms with E-state index in [1.54, 1.807) is 0 Å². The third kappa shape index (κ3) is 3.90. The molecule has 1 aromatic carbocycles. The molecule has 0 spiro atoms. The normalized spacial score (nSPS) is 11.2. The Bertz CT molecular complexity index is 375. The van der Waals surface area contributed by atoms with Crippen molar-refractivity contribution in [2.75, 3.05) is 0 Å². The first-order valence-corrected chi connectivity index (χ1v) is 5.22. The van der Waals surface area contributed by atoms with Gasteiger partial charge in [-0.2, -0.15) is 0 Å². The summed E-state index contributed by atoms with van der Waals surface area (Å²) in [5.41, 5.74) is 7.22. The van der Waals surface area contributed by atoms with Crippen molar-refractivity contribution in [2.45, 2.75) is 32.4 Å². The summed E-state index contributed by atoms with van der Waals surface area (Å²) < 4.78 is 0. The summed E-state index contributed by atoms with van der Waals surface area (Å²) in [6.07, 6.45) is -0.354. The number of carbonyl (C=O) groups is 1. The number of amides is 1. The van der Waals surface area contributed by atoms with E-state index >= 15 is 0 Å². The fraction of sp³-hybridized carbons (Fsp3) is 0.417. The third-order valence-corrected chi connectivity index (χ3v) is 2.32. The summed E-state index contributed by atoms with van der Waals surface area (Å²) >= 11 is 0. The monoisotopic (exact) mass is 222 g/mol. The van der Waals surface area contributed by atoms with Crippen molar-refractivity contribution in [1.82, 2.24) is 5.32 Å². The van der Waals surface area contributed by atoms with Gasteiger partial charge in [0, 0.05) is 12.1 Å². The Balaban J connectivity index is 2.75. The van der Waals surface area contributed by atoms with Gasteiger partial charge in [-0.05, 0) is 31.4 Å². The molecule has 0 saturated carbocycles. The number of hydrogen-bond donors (Lipinski definition) is 3. The van der Waals surface area contributed by atoms with Crippen LogP contribution in [0.15, 0.2) is 24.3 Å². The average molecular weight is 222 g/mol. The molecule has 0 aliphatic heterocycles. The maximum absolute atomic E-state index is 10.6. The molecule has 88 valence electrons. The maximum Gasteiger partial charge on any atom is 0.405 e. The van der Waals surface area contributed by atoms with E-state index in [-0.39, 0.29) is 0 Å². The first kappa shape index (κ1) is 12.5. The van der Waals surface area contributed by atoms with Crippen molar-refractivity contribution in [3.8, 4) is 0 Å². The SMILES string of the molecule is CC(C)(Cc1cccc(CN)c1)NC(=O)O. The number of nitrogens with one attached hydrogen (secondary N) is 1. The number of rotatable bonds is 4. The van der Waals surface area contributed by atoms with Crippen LogP contribution in [0.2, 0.25) is 0 Å². The molecule has 4 heteroatoms. The molecule has 0 aromatic heterocycles. The van der Waals surface area contributed by atoms with Crippen molar-refractivity contribution < 1.29 is 9.90 Å². The first-order valence-electron chi connectivity index (χ1n) is 5.22. The highest BCUT2D eigenvalue weighted by Gasteiger charge is 2.20. The van der Waals surface area contributed by atoms with Gasteiger partial charge >= 0.3 is 6.09 Å². The highest BCUT2D eigenvalue weighted by Crippen LogP contribution is 2.14. The fourth-order valence-corrected chi connectivity index (χ4v) is 1.71. The summed E-state index contributed by atoms with van der Waals surface area (Å²) in [4.78, 5) is 10.6. The van der Waals surface area contributed by atoms with Gasteiger partial charge in [-0.1, -0.05) is 24.3 Å². The molecule has 0 saturated heterocycles. The van der Waals surface area contributed by atoms with Gasteiger partial charge < -0.3 is 16.2 Å². The van der Waals surface area contributed by atoms with Crippen molar-refractivity contribution in [2.24, 2.45) is 5.73 Å². The van der Waals surface area contributed by atoms with E-state index in [1.807, 2.05) is 38.1 Å². The standard InChI is InChI=1S/C12H18N2O2/c1-12(2,14-11(15)16)7-9-4-3-5-10(6-9)8-13/h3-6,14H,7-8,13H2,1-2H3,(H,15,16). The van der Waals surface area contributed by atoms with Crippen LogP contribution < -0.4 is 11.1 Å². The van der Waals surface area contributed by atoms with Gasteiger partial charge in [0.15, 0.2) is 0 Å². The van der Waals surface area contributed by atoms with E-state index in [4.69, 9.17) is 10.8 Å². The van der Waals surface area contributed by atoms with Crippen LogP contribution in [-0.4, -0.2) is 16.7 Å². The third-order valence-electron chi connectivity index (χ3n) is 2.32. The molecule has 1 amide bonds. The molecule has 1 aromatic rings. The predicted molar refractivity (Wildman–Crippen MR) is 63.3 cm³/mol. The van der Waals surface area contributed by atoms with Crippen LogP contribution in [0.3, 0.4) is 0 Å². The van der Waals surface area contributed by atoms with E-state index < -0.39 is 11.6 Å². The van der Waals surface area contributed by atoms with Crippen LogP contribution in [0.25, 0.3) is 0 Å². The first-order chi connectivity index (χ1) is 7.43. The minimum atomic E-state index is -1.00. The number of hydrogen-bond acceptors (Lipinski definition) is 2. The maximum atomic E-state index is 10.6. The van der Waals surface area contributed by atoms with Crippen LogP contribution in [0, 0.1) is 0 Å². The molecule has 0 aliphatic rings. The Hall–Kier alpha value is -1.55. The lowest BCUT2D eigenvalue weighted by Gasteiger charge is -2.24. The Morgan fingerprint density at radius 2 is 2.06 bits per heavy atom. The quantitative estimate of drug-likeness (QED) is 0.726. The van der Waals surface area contributed by atoms with Crippen LogP contribution in [0.4, 0.5) is 4.79 Å². The van der Waals surface area contributed by atoms with E-state index in [1.165, 1.54) is 0 Å². The van der Waals surface area contributed by atoms with Crippen molar-refractivity contribution in [1.29, 1.82) is 0 Å². The Morgan fingerprint density at radius 1 is 1.44 bits per heavy atom. The zero-order valence-corrected chi connectivity index (χ0v) is 9.66. The van der Waals surface area contributed by atoms with E-state index in [9.17, 15) is 4.79 Å². The van der Waals surface area contributed by atoms with Crippen molar-refractivity contribution in [3.63, 3.8) is 0 Å². The molecule has 0 radical (unpaired) electrons. The molecule has 0 heterocycles. The summed E-state index contributed by atoms with van der Waals surface area (Å²) in [5, 5.41) is 11.2. The Labute approximate surface area is 95.5 Å². The number of nitrogens with two attached hydrogens (primary N) is 1. The van der Waals surface area contributed by atoms with Crippen LogP contribution in [-0.2, 0) is 13.0 Å². The molecule has 1 rings (SSSR count). The molecule has 0 aliphatic carbocycles. The summed E-state index contributed by atoms with van der Waals surface area (Å²) in [6.45, 7) is 4.22. The molecular formula is C12H18N2O2. The average Bonchev–Trinajstić information content (AvgIpc) is 2.15. The fourth-order valence-electron chi connectivity index (χ4n) is 1.71. The molecule has 16 heavy (non-hydrogen) atoms. The largest absolute Gasteiger partial charge is 0.465 e. The molecular weight excluding hydrogens is 204 g/mol. The van der Waals surface area contributed by atoms with Crippen molar-refractivity contribution >= 4 is 6.09 Å². The Kier molecular flexibility index (Phi) is 3.90. The van der Waals surface area contributed by atoms with E-state index in [2.05, 4.69) is 5.32 Å². The smallest absolute Gasteiger partial charge is 0.405 e. The van der Waals surface area contributed by atoms with Gasteiger partial charge in [-0.3, -0.25) is 0 Å². The molecule has 4 nitrogen and oxygen atoms in total. The second kappa shape index (κ2) is 4.99. The molecule has 0 unspecified atom stereocenters. The van der Waals surface area contributed by atoms with Gasteiger partial charge in [0.25, 0.3) is 0 Å². The lowest BCUT2D eigenvalue weighted by atomic mass is 9.94. The van der Waals surface area contributed by atoms with Gasteiger partial charge in [-0.15, -0.1) is 0 Å². The van der Waals surface area contributed by atoms with Gasteiger partial charge in [0.1, 0.15) is 0 Å². The van der Waals surface area contributed by atoms with E-state index in [0.29, 0.717) is 13.0 Å². The highest BCUT2D eigenvalue weighted by atomic mass is 16.4. The minimum absolute atomic E-state index is 0.473. The minimum Gasteiger partial charge on any atom is -0.465 e. The summed E-state index contributed by atoms with van der Waals surface area (Å²) in [5.74, 6) is 0. The summed E-state index contributed by atoms with van der Waals surface area (Å²) in [7, 11) is 0. The highest BCUT2D eigenvalue weighted by molar-refractivity contribution is 5.65. The molecule has 4 N–H and O–H groups in total. The van der Waals surface area contributed by atoms with Gasteiger partial charge in [0.2, 0.25) is 0 Å². The van der Waals surface area contributed by atoms with Crippen LogP contribution >= 0.6 is 0 Å². The predicted octanol–water partition coefficient (Wildman–Crippen LogP) is 1.73. The lowest BCUT2D eigenvalue weighted by Crippen LogP contribution is -2.44. The van der Waals surface area contributed by atoms with Crippen molar-refractivity contribution in [3.05, 3.63) is 35.4 Å². The summed E-state index contributed by atoms with van der Waals surface area (Å²) in [6, 6.07) is 7.88. The number of carboxylic acid groups (broad SMARTS) is 1. The topological polar surface area (TPSA) is 75.3 Å². The Morgan fingerprint density at radius 3 is 2.62 bits per heavy atom. The molecule has 0 atom stereocenters. The number of benzene rings is 1. The second-order valence-corrected chi connectivity index (χ2v) is 4.51. The zero-order valence-electron chi connectivity index (χ0n) is 9.66. The van der Waals surface area contributed by atoms with Gasteiger partial charge in [-0.25, -0.2) is 4.79 Å². The van der Waals surface area contributed by atoms with Gasteiger partial charge in [0.05, 0.1) is 0 Å². The van der Waals surface area contributed by atoms with Crippen LogP contribution in [0.1, 0.15) is 25.0 Å². The zero-order chi connectivity index (χ0) is 12.2. The molecule has 0 fully saturated rings.